The number of carbonyl (C=O) groups is 1. The van der Waals surface area contributed by atoms with Crippen LogP contribution in [0.4, 0.5) is 0 Å². The second-order valence-electron chi connectivity index (χ2n) is 6.60. The summed E-state index contributed by atoms with van der Waals surface area (Å²) in [4.78, 5) is 10.8. The first-order valence-electron chi connectivity index (χ1n) is 8.43. The van der Waals surface area contributed by atoms with Gasteiger partial charge in [-0.05, 0) is 42.9 Å². The summed E-state index contributed by atoms with van der Waals surface area (Å²) in [6.07, 6.45) is 1.04. The Bertz CT molecular complexity index is 603. The van der Waals surface area contributed by atoms with Gasteiger partial charge in [0.15, 0.2) is 0 Å². The number of aliphatic carboxylic acids is 1. The van der Waals surface area contributed by atoms with E-state index < -0.39 is 11.9 Å². The van der Waals surface area contributed by atoms with Crippen molar-refractivity contribution >= 4 is 5.97 Å². The second-order valence-corrected chi connectivity index (χ2v) is 6.60. The molecule has 2 rings (SSSR count). The Morgan fingerprint density at radius 2 is 1.46 bits per heavy atom. The highest BCUT2D eigenvalue weighted by molar-refractivity contribution is 5.75. The van der Waals surface area contributed by atoms with Crippen LogP contribution in [-0.2, 0) is 11.2 Å². The van der Waals surface area contributed by atoms with Crippen LogP contribution in [0.3, 0.4) is 0 Å². The van der Waals surface area contributed by atoms with E-state index in [1.165, 1.54) is 11.1 Å². The Hall–Kier alpha value is -2.13. The Balaban J connectivity index is 0.000000272. The highest BCUT2D eigenvalue weighted by Crippen LogP contribution is 2.17. The van der Waals surface area contributed by atoms with E-state index in [4.69, 9.17) is 10.8 Å². The van der Waals surface area contributed by atoms with Crippen LogP contribution in [0.5, 0.6) is 0 Å². The molecule has 0 aliphatic carbocycles. The Morgan fingerprint density at radius 1 is 0.917 bits per heavy atom. The average molecular weight is 327 g/mol. The van der Waals surface area contributed by atoms with Crippen molar-refractivity contribution in [3.63, 3.8) is 0 Å². The minimum absolute atomic E-state index is 0.159. The van der Waals surface area contributed by atoms with Crippen LogP contribution in [0.1, 0.15) is 56.3 Å². The first kappa shape index (κ1) is 19.9. The van der Waals surface area contributed by atoms with Crippen LogP contribution >= 0.6 is 0 Å². The number of hydrogen-bond acceptors (Lipinski definition) is 2. The molecule has 0 aliphatic heterocycles. The summed E-state index contributed by atoms with van der Waals surface area (Å²) in [5.74, 6) is -0.558. The van der Waals surface area contributed by atoms with E-state index in [0.717, 1.165) is 12.0 Å². The summed E-state index contributed by atoms with van der Waals surface area (Å²) < 4.78 is 0. The van der Waals surface area contributed by atoms with Crippen LogP contribution in [0.15, 0.2) is 54.6 Å². The number of hydrogen-bond donors (Lipinski definition) is 2. The minimum Gasteiger partial charge on any atom is -0.481 e. The lowest BCUT2D eigenvalue weighted by atomic mass is 9.97. The van der Waals surface area contributed by atoms with Crippen molar-refractivity contribution in [2.24, 2.45) is 11.7 Å². The molecule has 130 valence electrons. The van der Waals surface area contributed by atoms with Crippen molar-refractivity contribution in [3.05, 3.63) is 71.3 Å². The van der Waals surface area contributed by atoms with Crippen molar-refractivity contribution < 1.29 is 9.90 Å². The number of nitrogens with two attached hydrogens (primary N) is 1. The first-order valence-corrected chi connectivity index (χ1v) is 8.43. The molecule has 0 radical (unpaired) electrons. The maximum absolute atomic E-state index is 10.8. The molecule has 2 aromatic rings. The van der Waals surface area contributed by atoms with E-state index in [2.05, 4.69) is 13.8 Å². The van der Waals surface area contributed by atoms with Gasteiger partial charge in [-0.15, -0.1) is 0 Å². The summed E-state index contributed by atoms with van der Waals surface area (Å²) in [6.45, 7) is 8.04. The number of benzene rings is 2. The third-order valence-corrected chi connectivity index (χ3v) is 3.82. The van der Waals surface area contributed by atoms with Crippen molar-refractivity contribution in [2.45, 2.75) is 46.1 Å². The predicted molar refractivity (Wildman–Crippen MR) is 100 cm³/mol. The van der Waals surface area contributed by atoms with Gasteiger partial charge in [-0.3, -0.25) is 4.79 Å². The van der Waals surface area contributed by atoms with Gasteiger partial charge in [0.25, 0.3) is 0 Å². The molecule has 0 heterocycles. The molecule has 0 aromatic heterocycles. The first-order chi connectivity index (χ1) is 11.3. The number of rotatable bonds is 5. The standard InChI is InChI=1S/C13H18O2.C8H11N/c1-9(2)8-11-4-6-12(7-5-11)10(3)13(14)15;1-7(9)8-5-3-2-4-6-8/h4-7,9-10H,8H2,1-3H3,(H,14,15);2-7H,9H2,1H3/t10-;/m0./s1. The fraction of sp³-hybridized carbons (Fsp3) is 0.381. The topological polar surface area (TPSA) is 63.3 Å². The predicted octanol–water partition coefficient (Wildman–Crippen LogP) is 4.78. The molecule has 3 heteroatoms. The van der Waals surface area contributed by atoms with Gasteiger partial charge in [0.1, 0.15) is 0 Å². The number of carboxylic acid groups (broad SMARTS) is 1. The number of carboxylic acids is 1. The van der Waals surface area contributed by atoms with Crippen molar-refractivity contribution in [1.29, 1.82) is 0 Å². The van der Waals surface area contributed by atoms with Crippen molar-refractivity contribution in [2.75, 3.05) is 0 Å². The maximum Gasteiger partial charge on any atom is 0.310 e. The highest BCUT2D eigenvalue weighted by atomic mass is 16.4. The van der Waals surface area contributed by atoms with E-state index in [0.29, 0.717) is 5.92 Å². The molecule has 0 saturated carbocycles. The third-order valence-electron chi connectivity index (χ3n) is 3.82. The van der Waals surface area contributed by atoms with Crippen LogP contribution in [-0.4, -0.2) is 11.1 Å². The largest absolute Gasteiger partial charge is 0.481 e. The van der Waals surface area contributed by atoms with Crippen LogP contribution < -0.4 is 5.73 Å². The lowest BCUT2D eigenvalue weighted by molar-refractivity contribution is -0.138. The SMILES string of the molecule is CC(C)Cc1ccc([C@H](C)C(=O)O)cc1.CC(N)c1ccccc1. The van der Waals surface area contributed by atoms with Crippen molar-refractivity contribution in [3.8, 4) is 0 Å². The third kappa shape index (κ3) is 6.97. The highest BCUT2D eigenvalue weighted by Gasteiger charge is 2.12. The molecule has 2 aromatic carbocycles. The molecule has 0 spiro atoms. The van der Waals surface area contributed by atoms with Crippen LogP contribution in [0, 0.1) is 5.92 Å². The minimum atomic E-state index is -0.772. The lowest BCUT2D eigenvalue weighted by Gasteiger charge is -2.09. The van der Waals surface area contributed by atoms with Crippen LogP contribution in [0.25, 0.3) is 0 Å². The van der Waals surface area contributed by atoms with Gasteiger partial charge < -0.3 is 10.8 Å². The zero-order chi connectivity index (χ0) is 18.1. The van der Waals surface area contributed by atoms with Gasteiger partial charge in [-0.2, -0.15) is 0 Å². The Kier molecular flexibility index (Phi) is 8.20. The molecule has 0 aliphatic rings. The summed E-state index contributed by atoms with van der Waals surface area (Å²) in [7, 11) is 0. The van der Waals surface area contributed by atoms with E-state index in [1.54, 1.807) is 6.92 Å². The zero-order valence-electron chi connectivity index (χ0n) is 15.1. The summed E-state index contributed by atoms with van der Waals surface area (Å²) in [5, 5.41) is 8.85. The summed E-state index contributed by atoms with van der Waals surface area (Å²) in [6, 6.07) is 18.1. The van der Waals surface area contributed by atoms with E-state index >= 15 is 0 Å². The Labute approximate surface area is 145 Å². The van der Waals surface area contributed by atoms with Crippen molar-refractivity contribution in [1.82, 2.24) is 0 Å². The molecule has 0 bridgehead atoms. The molecular formula is C21H29NO2. The van der Waals surface area contributed by atoms with E-state index in [1.807, 2.05) is 61.5 Å². The van der Waals surface area contributed by atoms with Gasteiger partial charge in [0, 0.05) is 6.04 Å². The fourth-order valence-corrected chi connectivity index (χ4v) is 2.31. The van der Waals surface area contributed by atoms with Gasteiger partial charge >= 0.3 is 5.97 Å². The fourth-order valence-electron chi connectivity index (χ4n) is 2.31. The Morgan fingerprint density at radius 3 is 1.83 bits per heavy atom. The maximum atomic E-state index is 10.8. The van der Waals surface area contributed by atoms with Gasteiger partial charge in [0.05, 0.1) is 5.92 Å². The molecule has 0 fully saturated rings. The van der Waals surface area contributed by atoms with Crippen LogP contribution in [0.2, 0.25) is 0 Å². The molecule has 2 atom stereocenters. The summed E-state index contributed by atoms with van der Waals surface area (Å²) in [5.41, 5.74) is 8.95. The zero-order valence-corrected chi connectivity index (χ0v) is 15.1. The second kappa shape index (κ2) is 9.89. The molecule has 24 heavy (non-hydrogen) atoms. The monoisotopic (exact) mass is 327 g/mol. The lowest BCUT2D eigenvalue weighted by Crippen LogP contribution is -2.07. The van der Waals surface area contributed by atoms with Gasteiger partial charge in [-0.25, -0.2) is 0 Å². The van der Waals surface area contributed by atoms with Gasteiger partial charge in [0.2, 0.25) is 0 Å². The molecular weight excluding hydrogens is 298 g/mol. The molecule has 3 nitrogen and oxygen atoms in total. The smallest absolute Gasteiger partial charge is 0.310 e. The molecule has 1 unspecified atom stereocenters. The van der Waals surface area contributed by atoms with Gasteiger partial charge in [-0.1, -0.05) is 68.4 Å². The normalized spacial score (nSPS) is 12.9. The summed E-state index contributed by atoms with van der Waals surface area (Å²) >= 11 is 0. The molecule has 0 saturated heterocycles. The van der Waals surface area contributed by atoms with E-state index in [9.17, 15) is 4.79 Å². The molecule has 0 amide bonds. The van der Waals surface area contributed by atoms with E-state index in [-0.39, 0.29) is 6.04 Å². The average Bonchev–Trinajstić information content (AvgIpc) is 2.55. The quantitative estimate of drug-likeness (QED) is 0.830. The molecule has 3 N–H and O–H groups in total.